The third-order valence-electron chi connectivity index (χ3n) is 3.12. The van der Waals surface area contributed by atoms with Crippen molar-refractivity contribution in [2.24, 2.45) is 5.92 Å². The van der Waals surface area contributed by atoms with E-state index >= 15 is 0 Å². The molecule has 0 aromatic heterocycles. The molecular weight excluding hydrogens is 272 g/mol. The van der Waals surface area contributed by atoms with Crippen molar-refractivity contribution in [3.63, 3.8) is 0 Å². The highest BCUT2D eigenvalue weighted by molar-refractivity contribution is 7.89. The molecule has 0 bridgehead atoms. The molecule has 1 fully saturated rings. The van der Waals surface area contributed by atoms with Crippen LogP contribution in [0.15, 0.2) is 29.2 Å². The minimum Gasteiger partial charge on any atom is -0.393 e. The number of benzene rings is 1. The molecule has 104 valence electrons. The highest BCUT2D eigenvalue weighted by Crippen LogP contribution is 2.27. The molecule has 1 saturated carbocycles. The fourth-order valence-corrected chi connectivity index (χ4v) is 3.29. The van der Waals surface area contributed by atoms with E-state index in [0.717, 1.165) is 6.07 Å². The SMILES string of the molecule is O=[N+]([O-])c1ccccc1S(=O)(=O)NCC1CC(O)C1. The first-order valence-electron chi connectivity index (χ1n) is 5.81. The molecule has 0 aliphatic heterocycles. The average molecular weight is 286 g/mol. The van der Waals surface area contributed by atoms with Gasteiger partial charge in [-0.3, -0.25) is 10.1 Å². The van der Waals surface area contributed by atoms with E-state index in [9.17, 15) is 18.5 Å². The number of aliphatic hydroxyl groups excluding tert-OH is 1. The molecule has 19 heavy (non-hydrogen) atoms. The molecular formula is C11H14N2O5S. The smallest absolute Gasteiger partial charge is 0.289 e. The predicted molar refractivity (Wildman–Crippen MR) is 67.0 cm³/mol. The van der Waals surface area contributed by atoms with Gasteiger partial charge >= 0.3 is 0 Å². The predicted octanol–water partition coefficient (Wildman–Crippen LogP) is 0.644. The number of sulfonamides is 1. The number of nitro benzene ring substituents is 1. The van der Waals surface area contributed by atoms with Gasteiger partial charge in [0.05, 0.1) is 11.0 Å². The van der Waals surface area contributed by atoms with Gasteiger partial charge < -0.3 is 5.11 Å². The molecule has 1 aromatic carbocycles. The molecule has 2 N–H and O–H groups in total. The molecule has 0 amide bonds. The van der Waals surface area contributed by atoms with E-state index in [1.807, 2.05) is 0 Å². The Morgan fingerprint density at radius 3 is 2.58 bits per heavy atom. The Hall–Kier alpha value is -1.51. The number of nitrogens with one attached hydrogen (secondary N) is 1. The van der Waals surface area contributed by atoms with Gasteiger partial charge in [-0.25, -0.2) is 13.1 Å². The molecule has 0 atom stereocenters. The van der Waals surface area contributed by atoms with Gasteiger partial charge in [0.25, 0.3) is 5.69 Å². The lowest BCUT2D eigenvalue weighted by Gasteiger charge is -2.31. The largest absolute Gasteiger partial charge is 0.393 e. The minimum atomic E-state index is -3.90. The van der Waals surface area contributed by atoms with E-state index in [4.69, 9.17) is 5.11 Å². The van der Waals surface area contributed by atoms with Gasteiger partial charge in [-0.15, -0.1) is 0 Å². The summed E-state index contributed by atoms with van der Waals surface area (Å²) in [6.45, 7) is 0.186. The molecule has 0 unspecified atom stereocenters. The number of hydrogen-bond acceptors (Lipinski definition) is 5. The topological polar surface area (TPSA) is 110 Å². The zero-order valence-corrected chi connectivity index (χ0v) is 10.8. The number of nitro groups is 1. The molecule has 7 nitrogen and oxygen atoms in total. The summed E-state index contributed by atoms with van der Waals surface area (Å²) in [4.78, 5) is 9.74. The van der Waals surface area contributed by atoms with E-state index in [1.165, 1.54) is 18.2 Å². The number of rotatable bonds is 5. The Balaban J connectivity index is 2.13. The third-order valence-corrected chi connectivity index (χ3v) is 4.60. The summed E-state index contributed by atoms with van der Waals surface area (Å²) < 4.78 is 26.4. The number of para-hydroxylation sites is 1. The fraction of sp³-hybridized carbons (Fsp3) is 0.455. The molecule has 2 rings (SSSR count). The first kappa shape index (κ1) is 13.9. The number of aliphatic hydroxyl groups is 1. The molecule has 0 heterocycles. The standard InChI is InChI=1S/C11H14N2O5S/c14-9-5-8(6-9)7-12-19(17,18)11-4-2-1-3-10(11)13(15)16/h1-4,8-9,12,14H,5-7H2. The summed E-state index contributed by atoms with van der Waals surface area (Å²) in [6.07, 6.45) is 0.749. The molecule has 0 spiro atoms. The van der Waals surface area contributed by atoms with Crippen LogP contribution in [0.2, 0.25) is 0 Å². The molecule has 8 heteroatoms. The Kier molecular flexibility index (Phi) is 3.83. The number of hydrogen-bond donors (Lipinski definition) is 2. The van der Waals surface area contributed by atoms with E-state index < -0.39 is 20.6 Å². The summed E-state index contributed by atoms with van der Waals surface area (Å²) in [5.41, 5.74) is -0.441. The van der Waals surface area contributed by atoms with Crippen LogP contribution < -0.4 is 4.72 Å². The summed E-state index contributed by atoms with van der Waals surface area (Å²) >= 11 is 0. The Labute approximate surface area is 110 Å². The molecule has 1 aliphatic carbocycles. The van der Waals surface area contributed by atoms with Crippen molar-refractivity contribution < 1.29 is 18.4 Å². The molecule has 1 aliphatic rings. The molecule has 1 aromatic rings. The first-order valence-corrected chi connectivity index (χ1v) is 7.29. The maximum atomic E-state index is 12.0. The van der Waals surface area contributed by atoms with Gasteiger partial charge in [0.1, 0.15) is 0 Å². The minimum absolute atomic E-state index is 0.0903. The van der Waals surface area contributed by atoms with Crippen LogP contribution in [-0.2, 0) is 10.0 Å². The monoisotopic (exact) mass is 286 g/mol. The summed E-state index contributed by atoms with van der Waals surface area (Å²) in [5, 5.41) is 19.9. The second-order valence-electron chi connectivity index (χ2n) is 4.57. The van der Waals surface area contributed by atoms with Crippen LogP contribution >= 0.6 is 0 Å². The van der Waals surface area contributed by atoms with Crippen LogP contribution in [0.1, 0.15) is 12.8 Å². The zero-order chi connectivity index (χ0) is 14.0. The van der Waals surface area contributed by atoms with Gasteiger partial charge in [0.15, 0.2) is 4.90 Å². The van der Waals surface area contributed by atoms with Crippen LogP contribution in [0.3, 0.4) is 0 Å². The summed E-state index contributed by atoms with van der Waals surface area (Å²) in [5.74, 6) is 0.0903. The second kappa shape index (κ2) is 5.24. The lowest BCUT2D eigenvalue weighted by molar-refractivity contribution is -0.387. The van der Waals surface area contributed by atoms with E-state index in [2.05, 4.69) is 4.72 Å². The van der Waals surface area contributed by atoms with Crippen LogP contribution in [0.4, 0.5) is 5.69 Å². The molecule has 0 saturated heterocycles. The Morgan fingerprint density at radius 1 is 1.37 bits per heavy atom. The Bertz CT molecular complexity index is 581. The second-order valence-corrected chi connectivity index (χ2v) is 6.30. The zero-order valence-electron chi connectivity index (χ0n) is 10.0. The van der Waals surface area contributed by atoms with Crippen molar-refractivity contribution in [2.45, 2.75) is 23.8 Å². The van der Waals surface area contributed by atoms with Gasteiger partial charge in [-0.05, 0) is 24.8 Å². The highest BCUT2D eigenvalue weighted by atomic mass is 32.2. The van der Waals surface area contributed by atoms with Crippen LogP contribution in [0, 0.1) is 16.0 Å². The maximum absolute atomic E-state index is 12.0. The van der Waals surface area contributed by atoms with Crippen LogP contribution in [0.25, 0.3) is 0 Å². The van der Waals surface area contributed by atoms with Crippen LogP contribution in [0.5, 0.6) is 0 Å². The average Bonchev–Trinajstić information content (AvgIpc) is 2.33. The maximum Gasteiger partial charge on any atom is 0.289 e. The summed E-state index contributed by atoms with van der Waals surface area (Å²) in [7, 11) is -3.90. The van der Waals surface area contributed by atoms with Gasteiger partial charge in [0.2, 0.25) is 10.0 Å². The normalized spacial score (nSPS) is 22.8. The first-order chi connectivity index (χ1) is 8.90. The van der Waals surface area contributed by atoms with Crippen molar-refractivity contribution in [2.75, 3.05) is 6.54 Å². The van der Waals surface area contributed by atoms with Gasteiger partial charge in [-0.2, -0.15) is 0 Å². The van der Waals surface area contributed by atoms with Crippen molar-refractivity contribution in [1.82, 2.24) is 4.72 Å². The highest BCUT2D eigenvalue weighted by Gasteiger charge is 2.30. The van der Waals surface area contributed by atoms with E-state index in [1.54, 1.807) is 0 Å². The fourth-order valence-electron chi connectivity index (χ4n) is 2.01. The number of nitrogens with zero attached hydrogens (tertiary/aromatic N) is 1. The molecule has 0 radical (unpaired) electrons. The van der Waals surface area contributed by atoms with Crippen molar-refractivity contribution in [3.8, 4) is 0 Å². The lowest BCUT2D eigenvalue weighted by atomic mass is 9.83. The van der Waals surface area contributed by atoms with E-state index in [0.29, 0.717) is 12.8 Å². The van der Waals surface area contributed by atoms with E-state index in [-0.39, 0.29) is 23.5 Å². The van der Waals surface area contributed by atoms with Gasteiger partial charge in [-0.1, -0.05) is 12.1 Å². The quantitative estimate of drug-likeness (QED) is 0.610. The van der Waals surface area contributed by atoms with Crippen LogP contribution in [-0.4, -0.2) is 31.1 Å². The van der Waals surface area contributed by atoms with Crippen molar-refractivity contribution in [1.29, 1.82) is 0 Å². The van der Waals surface area contributed by atoms with Crippen molar-refractivity contribution >= 4 is 15.7 Å². The summed E-state index contributed by atoms with van der Waals surface area (Å²) in [6, 6.07) is 5.21. The van der Waals surface area contributed by atoms with Gasteiger partial charge in [0, 0.05) is 12.6 Å². The Morgan fingerprint density at radius 2 is 2.00 bits per heavy atom. The third kappa shape index (κ3) is 3.09. The van der Waals surface area contributed by atoms with Crippen molar-refractivity contribution in [3.05, 3.63) is 34.4 Å². The lowest BCUT2D eigenvalue weighted by Crippen LogP contribution is -2.38.